The summed E-state index contributed by atoms with van der Waals surface area (Å²) in [6, 6.07) is 17.1. The van der Waals surface area contributed by atoms with E-state index in [0.29, 0.717) is 18.7 Å². The van der Waals surface area contributed by atoms with Gasteiger partial charge in [-0.1, -0.05) is 42.5 Å². The summed E-state index contributed by atoms with van der Waals surface area (Å²) in [5.74, 6) is -0.293. The molecule has 0 bridgehead atoms. The summed E-state index contributed by atoms with van der Waals surface area (Å²) in [7, 11) is 1.60. The highest BCUT2D eigenvalue weighted by atomic mass is 16.2. The summed E-state index contributed by atoms with van der Waals surface area (Å²) in [5.41, 5.74) is 8.89. The van der Waals surface area contributed by atoms with Crippen LogP contribution in [0.2, 0.25) is 0 Å². The summed E-state index contributed by atoms with van der Waals surface area (Å²) in [4.78, 5) is 24.1. The van der Waals surface area contributed by atoms with Gasteiger partial charge in [-0.15, -0.1) is 0 Å². The highest BCUT2D eigenvalue weighted by molar-refractivity contribution is 5.93. The number of carbonyl (C=O) groups is 2. The maximum Gasteiger partial charge on any atom is 0.251 e. The number of amides is 2. The van der Waals surface area contributed by atoms with Crippen LogP contribution in [0.1, 0.15) is 27.5 Å². The van der Waals surface area contributed by atoms with Crippen molar-refractivity contribution in [1.82, 2.24) is 21.5 Å². The lowest BCUT2D eigenvalue weighted by Crippen LogP contribution is -2.34. The van der Waals surface area contributed by atoms with Crippen LogP contribution in [0.3, 0.4) is 0 Å². The molecule has 2 unspecified atom stereocenters. The molecule has 0 saturated carbocycles. The molecule has 6 nitrogen and oxygen atoms in total. The van der Waals surface area contributed by atoms with Crippen molar-refractivity contribution in [3.63, 3.8) is 0 Å². The quantitative estimate of drug-likeness (QED) is 0.659. The van der Waals surface area contributed by atoms with Gasteiger partial charge in [-0.3, -0.25) is 15.0 Å². The number of hydrazine groups is 1. The first-order chi connectivity index (χ1) is 12.2. The Morgan fingerprint density at radius 1 is 1.08 bits per heavy atom. The van der Waals surface area contributed by atoms with Gasteiger partial charge in [-0.25, -0.2) is 5.43 Å². The molecule has 1 heterocycles. The van der Waals surface area contributed by atoms with Crippen molar-refractivity contribution in [3.05, 3.63) is 71.3 Å². The second kappa shape index (κ2) is 7.92. The number of hydrogen-bond donors (Lipinski definition) is 4. The molecule has 0 radical (unpaired) electrons. The van der Waals surface area contributed by atoms with Gasteiger partial charge in [0.15, 0.2) is 0 Å². The Morgan fingerprint density at radius 2 is 1.80 bits per heavy atom. The zero-order valence-electron chi connectivity index (χ0n) is 14.1. The molecule has 0 aliphatic carbocycles. The molecule has 130 valence electrons. The molecule has 0 spiro atoms. The van der Waals surface area contributed by atoms with Crippen LogP contribution >= 0.6 is 0 Å². The van der Waals surface area contributed by atoms with Crippen molar-refractivity contribution in [2.24, 2.45) is 5.92 Å². The van der Waals surface area contributed by atoms with E-state index in [4.69, 9.17) is 0 Å². The highest BCUT2D eigenvalue weighted by Gasteiger charge is 2.33. The van der Waals surface area contributed by atoms with E-state index < -0.39 is 0 Å². The molecule has 4 N–H and O–H groups in total. The summed E-state index contributed by atoms with van der Waals surface area (Å²) in [6.07, 6.45) is 0. The molecule has 1 aliphatic heterocycles. The first kappa shape index (κ1) is 17.1. The molecule has 1 fully saturated rings. The number of benzene rings is 2. The Labute approximate surface area is 147 Å². The summed E-state index contributed by atoms with van der Waals surface area (Å²) in [6.45, 7) is 1.02. The van der Waals surface area contributed by atoms with Gasteiger partial charge in [0, 0.05) is 25.7 Å². The van der Waals surface area contributed by atoms with Crippen molar-refractivity contribution < 1.29 is 9.59 Å². The molecule has 2 amide bonds. The maximum absolute atomic E-state index is 12.6. The van der Waals surface area contributed by atoms with Crippen LogP contribution in [0.4, 0.5) is 0 Å². The Hall–Kier alpha value is -2.70. The standard InChI is InChI=1S/C19H22N4O2/c1-20-18(24)15-9-7-13(8-10-15)11-21-19(25)16-12-22-23-17(16)14-5-3-2-4-6-14/h2-10,16-17,22-23H,11-12H2,1H3,(H,20,24)(H,21,25). The van der Waals surface area contributed by atoms with Crippen LogP contribution in [0, 0.1) is 5.92 Å². The molecule has 1 aliphatic rings. The van der Waals surface area contributed by atoms with Crippen LogP contribution in [-0.4, -0.2) is 25.4 Å². The van der Waals surface area contributed by atoms with Crippen molar-refractivity contribution in [2.75, 3.05) is 13.6 Å². The molecule has 2 atom stereocenters. The fourth-order valence-corrected chi connectivity index (χ4v) is 2.96. The van der Waals surface area contributed by atoms with Crippen molar-refractivity contribution >= 4 is 11.8 Å². The number of nitrogens with one attached hydrogen (secondary N) is 4. The fourth-order valence-electron chi connectivity index (χ4n) is 2.96. The maximum atomic E-state index is 12.6. The fraction of sp³-hybridized carbons (Fsp3) is 0.263. The van der Waals surface area contributed by atoms with Gasteiger partial charge in [0.1, 0.15) is 0 Å². The third-order valence-corrected chi connectivity index (χ3v) is 4.39. The average molecular weight is 338 g/mol. The van der Waals surface area contributed by atoms with E-state index >= 15 is 0 Å². The summed E-state index contributed by atoms with van der Waals surface area (Å²) >= 11 is 0. The Kier molecular flexibility index (Phi) is 5.42. The molecular weight excluding hydrogens is 316 g/mol. The highest BCUT2D eigenvalue weighted by Crippen LogP contribution is 2.24. The second-order valence-electron chi connectivity index (χ2n) is 6.01. The minimum Gasteiger partial charge on any atom is -0.355 e. The van der Waals surface area contributed by atoms with Gasteiger partial charge in [0.2, 0.25) is 5.91 Å². The van der Waals surface area contributed by atoms with Crippen LogP contribution in [0.15, 0.2) is 54.6 Å². The largest absolute Gasteiger partial charge is 0.355 e. The SMILES string of the molecule is CNC(=O)c1ccc(CNC(=O)C2CNNC2c2ccccc2)cc1. The lowest BCUT2D eigenvalue weighted by molar-refractivity contribution is -0.125. The van der Waals surface area contributed by atoms with Crippen molar-refractivity contribution in [2.45, 2.75) is 12.6 Å². The van der Waals surface area contributed by atoms with E-state index in [1.54, 1.807) is 19.2 Å². The normalized spacial score (nSPS) is 19.4. The smallest absolute Gasteiger partial charge is 0.251 e. The van der Waals surface area contributed by atoms with Gasteiger partial charge < -0.3 is 10.6 Å². The molecule has 0 aromatic heterocycles. The van der Waals surface area contributed by atoms with Crippen LogP contribution < -0.4 is 21.5 Å². The van der Waals surface area contributed by atoms with Crippen molar-refractivity contribution in [3.8, 4) is 0 Å². The predicted molar refractivity (Wildman–Crippen MR) is 95.5 cm³/mol. The third-order valence-electron chi connectivity index (χ3n) is 4.39. The number of hydrogen-bond acceptors (Lipinski definition) is 4. The van der Waals surface area contributed by atoms with Gasteiger partial charge >= 0.3 is 0 Å². The Balaban J connectivity index is 1.59. The molecule has 2 aromatic carbocycles. The average Bonchev–Trinajstić information content (AvgIpc) is 3.16. The van der Waals surface area contributed by atoms with E-state index in [0.717, 1.165) is 11.1 Å². The van der Waals surface area contributed by atoms with Gasteiger partial charge in [0.05, 0.1) is 12.0 Å². The third kappa shape index (κ3) is 4.04. The lowest BCUT2D eigenvalue weighted by Gasteiger charge is -2.18. The summed E-state index contributed by atoms with van der Waals surface area (Å²) in [5, 5.41) is 5.57. The van der Waals surface area contributed by atoms with Gasteiger partial charge in [-0.05, 0) is 23.3 Å². The minimum absolute atomic E-state index is 0.00160. The van der Waals surface area contributed by atoms with E-state index in [2.05, 4.69) is 21.5 Å². The molecular formula is C19H22N4O2. The monoisotopic (exact) mass is 338 g/mol. The Bertz CT molecular complexity index is 731. The number of carbonyl (C=O) groups excluding carboxylic acids is 2. The zero-order chi connectivity index (χ0) is 17.6. The first-order valence-electron chi connectivity index (χ1n) is 8.31. The lowest BCUT2D eigenvalue weighted by atomic mass is 9.94. The first-order valence-corrected chi connectivity index (χ1v) is 8.31. The Morgan fingerprint density at radius 3 is 2.48 bits per heavy atom. The molecule has 6 heteroatoms. The molecule has 25 heavy (non-hydrogen) atoms. The second-order valence-corrected chi connectivity index (χ2v) is 6.01. The van der Waals surface area contributed by atoms with Gasteiger partial charge in [-0.2, -0.15) is 0 Å². The van der Waals surface area contributed by atoms with Gasteiger partial charge in [0.25, 0.3) is 5.91 Å². The van der Waals surface area contributed by atoms with E-state index in [1.165, 1.54) is 0 Å². The van der Waals surface area contributed by atoms with E-state index in [9.17, 15) is 9.59 Å². The summed E-state index contributed by atoms with van der Waals surface area (Å²) < 4.78 is 0. The topological polar surface area (TPSA) is 82.3 Å². The van der Waals surface area contributed by atoms with Crippen LogP contribution in [0.5, 0.6) is 0 Å². The van der Waals surface area contributed by atoms with Crippen LogP contribution in [-0.2, 0) is 11.3 Å². The zero-order valence-corrected chi connectivity index (χ0v) is 14.1. The van der Waals surface area contributed by atoms with E-state index in [1.807, 2.05) is 42.5 Å². The van der Waals surface area contributed by atoms with Crippen LogP contribution in [0.25, 0.3) is 0 Å². The molecule has 1 saturated heterocycles. The molecule has 2 aromatic rings. The predicted octanol–water partition coefficient (Wildman–Crippen LogP) is 1.13. The molecule has 3 rings (SSSR count). The van der Waals surface area contributed by atoms with E-state index in [-0.39, 0.29) is 23.8 Å². The minimum atomic E-state index is -0.174. The number of rotatable bonds is 5. The van der Waals surface area contributed by atoms with Crippen molar-refractivity contribution in [1.29, 1.82) is 0 Å².